The summed E-state index contributed by atoms with van der Waals surface area (Å²) in [6, 6.07) is 4.35. The summed E-state index contributed by atoms with van der Waals surface area (Å²) in [5.41, 5.74) is 1.000. The van der Waals surface area contributed by atoms with E-state index in [0.29, 0.717) is 12.0 Å². The third kappa shape index (κ3) is 1.48. The standard InChI is InChI=1S/C15H17N3OS/c19-14-8-4-9-6-18(13(14)10(9)5-8)7-12-17-11-2-1-3-16-15(11)20-12/h1-3,8-10,13-14,19H,4-7H2. The van der Waals surface area contributed by atoms with Crippen LogP contribution >= 0.6 is 11.3 Å². The van der Waals surface area contributed by atoms with Gasteiger partial charge in [-0.3, -0.25) is 4.90 Å². The number of hydrogen-bond acceptors (Lipinski definition) is 5. The van der Waals surface area contributed by atoms with Gasteiger partial charge in [0.2, 0.25) is 0 Å². The van der Waals surface area contributed by atoms with Gasteiger partial charge in [-0.15, -0.1) is 0 Å². The van der Waals surface area contributed by atoms with Crippen molar-refractivity contribution >= 4 is 21.7 Å². The highest BCUT2D eigenvalue weighted by Gasteiger charge is 2.58. The predicted molar refractivity (Wildman–Crippen MR) is 77.3 cm³/mol. The number of rotatable bonds is 2. The predicted octanol–water partition coefficient (Wildman–Crippen LogP) is 1.89. The molecule has 3 heterocycles. The zero-order chi connectivity index (χ0) is 13.3. The van der Waals surface area contributed by atoms with Gasteiger partial charge in [0.05, 0.1) is 12.6 Å². The number of pyridine rings is 1. The van der Waals surface area contributed by atoms with Crippen LogP contribution in [0.4, 0.5) is 0 Å². The van der Waals surface area contributed by atoms with Crippen molar-refractivity contribution in [2.75, 3.05) is 6.54 Å². The van der Waals surface area contributed by atoms with Crippen LogP contribution in [0.2, 0.25) is 0 Å². The Hall–Kier alpha value is -1.04. The van der Waals surface area contributed by atoms with Crippen LogP contribution in [0.5, 0.6) is 0 Å². The Morgan fingerprint density at radius 3 is 3.15 bits per heavy atom. The minimum Gasteiger partial charge on any atom is -0.391 e. The fraction of sp³-hybridized carbons (Fsp3) is 0.600. The Morgan fingerprint density at radius 1 is 1.35 bits per heavy atom. The van der Waals surface area contributed by atoms with Gasteiger partial charge in [0, 0.05) is 18.8 Å². The van der Waals surface area contributed by atoms with E-state index in [4.69, 9.17) is 0 Å². The first-order chi connectivity index (χ1) is 9.79. The molecule has 5 rings (SSSR count). The molecule has 3 fully saturated rings. The fourth-order valence-electron chi connectivity index (χ4n) is 4.78. The van der Waals surface area contributed by atoms with Crippen LogP contribution in [0.1, 0.15) is 17.8 Å². The van der Waals surface area contributed by atoms with Crippen LogP contribution in [0.3, 0.4) is 0 Å². The number of likely N-dealkylation sites (tertiary alicyclic amines) is 1. The summed E-state index contributed by atoms with van der Waals surface area (Å²) in [6.07, 6.45) is 4.20. The summed E-state index contributed by atoms with van der Waals surface area (Å²) < 4.78 is 0. The van der Waals surface area contributed by atoms with Crippen LogP contribution in [0.15, 0.2) is 18.3 Å². The van der Waals surface area contributed by atoms with Crippen molar-refractivity contribution in [2.24, 2.45) is 17.8 Å². The first kappa shape index (κ1) is 11.6. The van der Waals surface area contributed by atoms with Crippen molar-refractivity contribution in [3.05, 3.63) is 23.3 Å². The molecule has 0 aromatic carbocycles. The highest BCUT2D eigenvalue weighted by atomic mass is 32.1. The number of nitrogens with zero attached hydrogens (tertiary/aromatic N) is 3. The lowest BCUT2D eigenvalue weighted by Gasteiger charge is -2.28. The van der Waals surface area contributed by atoms with Gasteiger partial charge in [-0.05, 0) is 42.7 Å². The molecule has 5 atom stereocenters. The minimum absolute atomic E-state index is 0.105. The molecule has 4 nitrogen and oxygen atoms in total. The van der Waals surface area contributed by atoms with Crippen LogP contribution in [-0.2, 0) is 6.54 Å². The maximum absolute atomic E-state index is 10.4. The lowest BCUT2D eigenvalue weighted by molar-refractivity contribution is 0.0484. The van der Waals surface area contributed by atoms with Crippen LogP contribution in [0, 0.1) is 17.8 Å². The molecular formula is C15H17N3OS. The maximum Gasteiger partial charge on any atom is 0.143 e. The second kappa shape index (κ2) is 4.00. The quantitative estimate of drug-likeness (QED) is 0.916. The van der Waals surface area contributed by atoms with E-state index in [1.807, 2.05) is 18.3 Å². The number of aliphatic hydroxyl groups is 1. The van der Waals surface area contributed by atoms with E-state index >= 15 is 0 Å². The second-order valence-electron chi connectivity index (χ2n) is 6.50. The summed E-state index contributed by atoms with van der Waals surface area (Å²) >= 11 is 1.69. The molecule has 2 aliphatic carbocycles. The second-order valence-corrected chi connectivity index (χ2v) is 7.56. The first-order valence-electron chi connectivity index (χ1n) is 7.42. The zero-order valence-electron chi connectivity index (χ0n) is 11.1. The molecule has 5 heteroatoms. The SMILES string of the molecule is OC1C2CC3CN(Cc4nc5cccnc5s4)C1C3C2. The molecule has 3 aliphatic rings. The monoisotopic (exact) mass is 287 g/mol. The van der Waals surface area contributed by atoms with Crippen molar-refractivity contribution < 1.29 is 5.11 Å². The van der Waals surface area contributed by atoms with Gasteiger partial charge in [-0.25, -0.2) is 9.97 Å². The van der Waals surface area contributed by atoms with Crippen molar-refractivity contribution in [2.45, 2.75) is 31.5 Å². The van der Waals surface area contributed by atoms with Gasteiger partial charge in [-0.2, -0.15) is 0 Å². The van der Waals surface area contributed by atoms with E-state index < -0.39 is 0 Å². The van der Waals surface area contributed by atoms with Crippen LogP contribution in [0.25, 0.3) is 10.3 Å². The molecule has 2 bridgehead atoms. The highest BCUT2D eigenvalue weighted by Crippen LogP contribution is 2.55. The average molecular weight is 287 g/mol. The molecule has 0 spiro atoms. The molecule has 5 unspecified atom stereocenters. The molecule has 2 aromatic heterocycles. The molecule has 0 radical (unpaired) electrons. The van der Waals surface area contributed by atoms with Crippen molar-refractivity contribution in [1.29, 1.82) is 0 Å². The molecule has 1 aliphatic heterocycles. The molecule has 1 saturated heterocycles. The number of hydrogen-bond donors (Lipinski definition) is 1. The summed E-state index contributed by atoms with van der Waals surface area (Å²) in [4.78, 5) is 12.6. The number of fused-ring (bicyclic) bond motifs is 2. The van der Waals surface area contributed by atoms with Gasteiger partial charge in [-0.1, -0.05) is 11.3 Å². The molecule has 1 N–H and O–H groups in total. The van der Waals surface area contributed by atoms with E-state index in [-0.39, 0.29) is 6.10 Å². The average Bonchev–Trinajstić information content (AvgIpc) is 3.12. The van der Waals surface area contributed by atoms with Gasteiger partial charge < -0.3 is 5.11 Å². The smallest absolute Gasteiger partial charge is 0.143 e. The molecule has 2 saturated carbocycles. The van der Waals surface area contributed by atoms with Gasteiger partial charge >= 0.3 is 0 Å². The van der Waals surface area contributed by atoms with Crippen molar-refractivity contribution in [1.82, 2.24) is 14.9 Å². The normalized spacial score (nSPS) is 39.1. The topological polar surface area (TPSA) is 49.2 Å². The third-order valence-electron chi connectivity index (χ3n) is 5.50. The Balaban J connectivity index is 1.44. The molecule has 0 amide bonds. The Labute approximate surface area is 121 Å². The zero-order valence-corrected chi connectivity index (χ0v) is 12.0. The summed E-state index contributed by atoms with van der Waals surface area (Å²) in [5, 5.41) is 11.6. The summed E-state index contributed by atoms with van der Waals surface area (Å²) in [6.45, 7) is 2.02. The van der Waals surface area contributed by atoms with Gasteiger partial charge in [0.1, 0.15) is 15.4 Å². The molecule has 104 valence electrons. The molecule has 2 aromatic rings. The van der Waals surface area contributed by atoms with Crippen LogP contribution in [-0.4, -0.2) is 38.7 Å². The van der Waals surface area contributed by atoms with Crippen LogP contribution < -0.4 is 0 Å². The van der Waals surface area contributed by atoms with Crippen molar-refractivity contribution in [3.63, 3.8) is 0 Å². The number of thiazole rings is 1. The maximum atomic E-state index is 10.4. The minimum atomic E-state index is -0.105. The Kier molecular flexibility index (Phi) is 2.32. The van der Waals surface area contributed by atoms with E-state index in [0.717, 1.165) is 40.3 Å². The van der Waals surface area contributed by atoms with E-state index in [2.05, 4.69) is 14.9 Å². The van der Waals surface area contributed by atoms with Gasteiger partial charge in [0.15, 0.2) is 0 Å². The third-order valence-corrected chi connectivity index (χ3v) is 6.46. The van der Waals surface area contributed by atoms with E-state index in [1.54, 1.807) is 11.3 Å². The summed E-state index contributed by atoms with van der Waals surface area (Å²) in [7, 11) is 0. The first-order valence-corrected chi connectivity index (χ1v) is 8.24. The number of aromatic nitrogens is 2. The Morgan fingerprint density at radius 2 is 2.30 bits per heavy atom. The molecule has 20 heavy (non-hydrogen) atoms. The molecular weight excluding hydrogens is 270 g/mol. The van der Waals surface area contributed by atoms with Crippen molar-refractivity contribution in [3.8, 4) is 0 Å². The van der Waals surface area contributed by atoms with Gasteiger partial charge in [0.25, 0.3) is 0 Å². The lowest BCUT2D eigenvalue weighted by atomic mass is 9.88. The largest absolute Gasteiger partial charge is 0.391 e. The number of aliphatic hydroxyl groups excluding tert-OH is 1. The fourth-order valence-corrected chi connectivity index (χ4v) is 5.71. The summed E-state index contributed by atoms with van der Waals surface area (Å²) in [5.74, 6) is 2.13. The van der Waals surface area contributed by atoms with E-state index in [1.165, 1.54) is 12.8 Å². The Bertz CT molecular complexity index is 637. The van der Waals surface area contributed by atoms with E-state index in [9.17, 15) is 5.11 Å². The highest BCUT2D eigenvalue weighted by molar-refractivity contribution is 7.18. The lowest BCUT2D eigenvalue weighted by Crippen LogP contribution is -2.40.